The van der Waals surface area contributed by atoms with Crippen LogP contribution in [0.3, 0.4) is 0 Å². The van der Waals surface area contributed by atoms with Gasteiger partial charge in [-0.15, -0.1) is 0 Å². The number of rotatable bonds is 4. The molecule has 2 rings (SSSR count). The molecular formula is C13H14ClNO3. The highest BCUT2D eigenvalue weighted by molar-refractivity contribution is 6.30. The van der Waals surface area contributed by atoms with E-state index >= 15 is 0 Å². The maximum atomic E-state index is 11.6. The van der Waals surface area contributed by atoms with Crippen LogP contribution in [0.1, 0.15) is 12.0 Å². The highest BCUT2D eigenvalue weighted by Gasteiger charge is 2.33. The molecule has 0 spiro atoms. The molecular weight excluding hydrogens is 254 g/mol. The first kappa shape index (κ1) is 12.9. The fourth-order valence-corrected chi connectivity index (χ4v) is 2.32. The number of hydrogen-bond acceptors (Lipinski definition) is 2. The quantitative estimate of drug-likeness (QED) is 0.905. The van der Waals surface area contributed by atoms with Crippen molar-refractivity contribution in [1.29, 1.82) is 0 Å². The number of nitrogens with zero attached hydrogens (tertiary/aromatic N) is 1. The maximum absolute atomic E-state index is 11.6. The van der Waals surface area contributed by atoms with Crippen LogP contribution in [0.2, 0.25) is 5.02 Å². The maximum Gasteiger partial charge on any atom is 0.308 e. The Bertz CT molecular complexity index is 475. The van der Waals surface area contributed by atoms with Crippen molar-refractivity contribution in [1.82, 2.24) is 4.90 Å². The Morgan fingerprint density at radius 1 is 1.50 bits per heavy atom. The van der Waals surface area contributed by atoms with Crippen molar-refractivity contribution in [2.45, 2.75) is 12.8 Å². The Hall–Kier alpha value is -1.55. The molecule has 1 aromatic carbocycles. The van der Waals surface area contributed by atoms with Crippen molar-refractivity contribution in [3.8, 4) is 0 Å². The first-order chi connectivity index (χ1) is 8.56. The normalized spacial score (nSPS) is 19.3. The van der Waals surface area contributed by atoms with Crippen LogP contribution in [0, 0.1) is 5.92 Å². The number of carbonyl (C=O) groups is 2. The molecule has 1 fully saturated rings. The Labute approximate surface area is 110 Å². The average Bonchev–Trinajstić information content (AvgIpc) is 2.68. The number of halogens is 1. The van der Waals surface area contributed by atoms with Crippen LogP contribution in [-0.4, -0.2) is 35.0 Å². The van der Waals surface area contributed by atoms with E-state index in [9.17, 15) is 9.59 Å². The second kappa shape index (κ2) is 5.40. The third kappa shape index (κ3) is 3.01. The fraction of sp³-hybridized carbons (Fsp3) is 0.385. The lowest BCUT2D eigenvalue weighted by Gasteiger charge is -2.15. The van der Waals surface area contributed by atoms with E-state index in [1.807, 2.05) is 18.2 Å². The number of benzene rings is 1. The first-order valence-electron chi connectivity index (χ1n) is 5.81. The predicted molar refractivity (Wildman–Crippen MR) is 67.5 cm³/mol. The van der Waals surface area contributed by atoms with E-state index in [1.165, 1.54) is 0 Å². The molecule has 1 heterocycles. The Kier molecular flexibility index (Phi) is 3.87. The lowest BCUT2D eigenvalue weighted by Crippen LogP contribution is -2.28. The van der Waals surface area contributed by atoms with Gasteiger partial charge in [-0.2, -0.15) is 0 Å². The summed E-state index contributed by atoms with van der Waals surface area (Å²) in [4.78, 5) is 24.0. The molecule has 0 bridgehead atoms. The largest absolute Gasteiger partial charge is 0.481 e. The van der Waals surface area contributed by atoms with Crippen molar-refractivity contribution in [3.63, 3.8) is 0 Å². The minimum atomic E-state index is -0.895. The lowest BCUT2D eigenvalue weighted by molar-refractivity contribution is -0.141. The van der Waals surface area contributed by atoms with Gasteiger partial charge in [-0.05, 0) is 24.1 Å². The number of carbonyl (C=O) groups excluding carboxylic acids is 1. The number of hydrogen-bond donors (Lipinski definition) is 1. The molecule has 4 nitrogen and oxygen atoms in total. The molecule has 1 N–H and O–H groups in total. The summed E-state index contributed by atoms with van der Waals surface area (Å²) in [5.74, 6) is -1.53. The number of aliphatic carboxylic acids is 1. The summed E-state index contributed by atoms with van der Waals surface area (Å²) in [6.45, 7) is 0.859. The van der Waals surface area contributed by atoms with Gasteiger partial charge in [-0.1, -0.05) is 23.7 Å². The van der Waals surface area contributed by atoms with Crippen molar-refractivity contribution in [3.05, 3.63) is 34.9 Å². The second-order valence-electron chi connectivity index (χ2n) is 4.46. The van der Waals surface area contributed by atoms with Gasteiger partial charge in [0.25, 0.3) is 0 Å². The van der Waals surface area contributed by atoms with Gasteiger partial charge >= 0.3 is 5.97 Å². The van der Waals surface area contributed by atoms with E-state index in [4.69, 9.17) is 16.7 Å². The van der Waals surface area contributed by atoms with Crippen LogP contribution in [0.25, 0.3) is 0 Å². The molecule has 1 aliphatic heterocycles. The highest BCUT2D eigenvalue weighted by Crippen LogP contribution is 2.19. The Morgan fingerprint density at radius 2 is 2.28 bits per heavy atom. The number of likely N-dealkylation sites (tertiary alicyclic amines) is 1. The van der Waals surface area contributed by atoms with E-state index in [0.29, 0.717) is 24.5 Å². The minimum absolute atomic E-state index is 0.0792. The molecule has 18 heavy (non-hydrogen) atoms. The second-order valence-corrected chi connectivity index (χ2v) is 4.90. The SMILES string of the molecule is O=C(O)[C@H]1CC(=O)N(CCc2cccc(Cl)c2)C1. The van der Waals surface area contributed by atoms with E-state index < -0.39 is 11.9 Å². The topological polar surface area (TPSA) is 57.6 Å². The molecule has 0 radical (unpaired) electrons. The third-order valence-corrected chi connectivity index (χ3v) is 3.36. The van der Waals surface area contributed by atoms with E-state index in [0.717, 1.165) is 5.56 Å². The van der Waals surface area contributed by atoms with Crippen LogP contribution in [-0.2, 0) is 16.0 Å². The average molecular weight is 268 g/mol. The van der Waals surface area contributed by atoms with Gasteiger partial charge in [-0.3, -0.25) is 9.59 Å². The van der Waals surface area contributed by atoms with Gasteiger partial charge < -0.3 is 10.0 Å². The zero-order chi connectivity index (χ0) is 13.1. The fourth-order valence-electron chi connectivity index (χ4n) is 2.11. The molecule has 0 unspecified atom stereocenters. The third-order valence-electron chi connectivity index (χ3n) is 3.12. The predicted octanol–water partition coefficient (Wildman–Crippen LogP) is 1.82. The molecule has 0 aromatic heterocycles. The zero-order valence-electron chi connectivity index (χ0n) is 9.80. The summed E-state index contributed by atoms with van der Waals surface area (Å²) in [6, 6.07) is 7.47. The summed E-state index contributed by atoms with van der Waals surface area (Å²) >= 11 is 5.88. The van der Waals surface area contributed by atoms with Crippen molar-refractivity contribution < 1.29 is 14.7 Å². The van der Waals surface area contributed by atoms with Crippen LogP contribution in [0.4, 0.5) is 0 Å². The van der Waals surface area contributed by atoms with Gasteiger partial charge in [-0.25, -0.2) is 0 Å². The summed E-state index contributed by atoms with van der Waals surface area (Å²) < 4.78 is 0. The molecule has 1 aromatic rings. The van der Waals surface area contributed by atoms with Gasteiger partial charge in [0.1, 0.15) is 0 Å². The summed E-state index contributed by atoms with van der Waals surface area (Å²) in [5.41, 5.74) is 1.05. The smallest absolute Gasteiger partial charge is 0.308 e. The van der Waals surface area contributed by atoms with Crippen LogP contribution in [0.5, 0.6) is 0 Å². The molecule has 1 aliphatic rings. The summed E-state index contributed by atoms with van der Waals surface area (Å²) in [7, 11) is 0. The molecule has 1 atom stereocenters. The molecule has 0 saturated carbocycles. The molecule has 5 heteroatoms. The van der Waals surface area contributed by atoms with E-state index in [2.05, 4.69) is 0 Å². The van der Waals surface area contributed by atoms with E-state index in [-0.39, 0.29) is 12.3 Å². The van der Waals surface area contributed by atoms with Crippen molar-refractivity contribution >= 4 is 23.5 Å². The van der Waals surface area contributed by atoms with Crippen LogP contribution >= 0.6 is 11.6 Å². The first-order valence-corrected chi connectivity index (χ1v) is 6.19. The number of carboxylic acids is 1. The number of carboxylic acid groups (broad SMARTS) is 1. The molecule has 1 saturated heterocycles. The molecule has 96 valence electrons. The lowest BCUT2D eigenvalue weighted by atomic mass is 10.1. The number of amides is 1. The van der Waals surface area contributed by atoms with Gasteiger partial charge in [0.05, 0.1) is 5.92 Å². The summed E-state index contributed by atoms with van der Waals surface area (Å²) in [6.07, 6.45) is 0.809. The summed E-state index contributed by atoms with van der Waals surface area (Å²) in [5, 5.41) is 9.54. The standard InChI is InChI=1S/C13H14ClNO3/c14-11-3-1-2-9(6-11)4-5-15-8-10(13(17)18)7-12(15)16/h1-3,6,10H,4-5,7-8H2,(H,17,18)/t10-/m0/s1. The Balaban J connectivity index is 1.91. The van der Waals surface area contributed by atoms with Crippen LogP contribution in [0.15, 0.2) is 24.3 Å². The van der Waals surface area contributed by atoms with Gasteiger partial charge in [0.2, 0.25) is 5.91 Å². The highest BCUT2D eigenvalue weighted by atomic mass is 35.5. The van der Waals surface area contributed by atoms with Crippen LogP contribution < -0.4 is 0 Å². The van der Waals surface area contributed by atoms with Crippen molar-refractivity contribution in [2.75, 3.05) is 13.1 Å². The molecule has 0 aliphatic carbocycles. The minimum Gasteiger partial charge on any atom is -0.481 e. The van der Waals surface area contributed by atoms with Crippen molar-refractivity contribution in [2.24, 2.45) is 5.92 Å². The van der Waals surface area contributed by atoms with Gasteiger partial charge in [0.15, 0.2) is 0 Å². The van der Waals surface area contributed by atoms with Gasteiger partial charge in [0, 0.05) is 24.5 Å². The zero-order valence-corrected chi connectivity index (χ0v) is 10.6. The Morgan fingerprint density at radius 3 is 2.89 bits per heavy atom. The molecule has 1 amide bonds. The monoisotopic (exact) mass is 267 g/mol. The van der Waals surface area contributed by atoms with E-state index in [1.54, 1.807) is 11.0 Å².